The van der Waals surface area contributed by atoms with Crippen molar-refractivity contribution in [3.8, 4) is 17.2 Å². The lowest BCUT2D eigenvalue weighted by atomic mass is 9.83. The summed E-state index contributed by atoms with van der Waals surface area (Å²) in [6.07, 6.45) is 1.25. The molecule has 1 aliphatic rings. The van der Waals surface area contributed by atoms with Gasteiger partial charge in [0.05, 0.1) is 17.3 Å². The molecule has 0 radical (unpaired) electrons. The van der Waals surface area contributed by atoms with Gasteiger partial charge in [-0.05, 0) is 65.4 Å². The third-order valence-electron chi connectivity index (χ3n) is 8.31. The van der Waals surface area contributed by atoms with Crippen molar-refractivity contribution in [3.63, 3.8) is 0 Å². The Morgan fingerprint density at radius 2 is 1.54 bits per heavy atom. The van der Waals surface area contributed by atoms with Crippen LogP contribution in [0.5, 0.6) is 0 Å². The number of anilines is 2. The Morgan fingerprint density at radius 1 is 0.848 bits per heavy atom. The SMILES string of the molecule is C[C@](c1ccc(F)cc1F)(n1nn[nH]c1=O)C(F)(F)c1ccc(-c2ccc(N3CCN(c4ccc(C#N)cc4F)CC3)cc2)cn1. The maximum Gasteiger partial charge on any atom is 0.362 e. The van der Waals surface area contributed by atoms with Crippen LogP contribution in [0.3, 0.4) is 0 Å². The number of nitrogens with one attached hydrogen (secondary N) is 1. The Hall–Kier alpha value is -5.58. The normalized spacial score (nSPS) is 15.0. The van der Waals surface area contributed by atoms with Gasteiger partial charge in [-0.15, -0.1) is 0 Å². The topological polar surface area (TPSA) is 107 Å². The van der Waals surface area contributed by atoms with E-state index in [1.54, 1.807) is 12.1 Å². The Kier molecular flexibility index (Phi) is 7.77. The van der Waals surface area contributed by atoms with Crippen LogP contribution < -0.4 is 15.5 Å². The van der Waals surface area contributed by atoms with Gasteiger partial charge in [-0.25, -0.2) is 23.1 Å². The smallest absolute Gasteiger partial charge is 0.362 e. The third kappa shape index (κ3) is 5.23. The van der Waals surface area contributed by atoms with E-state index in [0.29, 0.717) is 53.7 Å². The number of rotatable bonds is 7. The van der Waals surface area contributed by atoms with Crippen molar-refractivity contribution >= 4 is 11.4 Å². The first-order chi connectivity index (χ1) is 22.0. The zero-order valence-corrected chi connectivity index (χ0v) is 24.3. The number of alkyl halides is 2. The van der Waals surface area contributed by atoms with Crippen molar-refractivity contribution < 1.29 is 22.0 Å². The van der Waals surface area contributed by atoms with Gasteiger partial charge < -0.3 is 9.80 Å². The van der Waals surface area contributed by atoms with E-state index in [1.165, 1.54) is 18.3 Å². The molecule has 6 rings (SSSR count). The van der Waals surface area contributed by atoms with Crippen molar-refractivity contribution in [2.75, 3.05) is 36.0 Å². The van der Waals surface area contributed by atoms with Crippen LogP contribution in [0.25, 0.3) is 11.1 Å². The van der Waals surface area contributed by atoms with Crippen molar-refractivity contribution in [3.05, 3.63) is 124 Å². The molecule has 3 aromatic carbocycles. The number of piperazine rings is 1. The van der Waals surface area contributed by atoms with Gasteiger partial charge in [0.1, 0.15) is 23.1 Å². The molecule has 3 heterocycles. The van der Waals surface area contributed by atoms with E-state index in [9.17, 15) is 18.0 Å². The molecule has 1 N–H and O–H groups in total. The highest BCUT2D eigenvalue weighted by Crippen LogP contribution is 2.47. The molecular formula is C32H25F5N8O. The molecule has 1 fully saturated rings. The number of nitriles is 1. The summed E-state index contributed by atoms with van der Waals surface area (Å²) in [5, 5.41) is 17.7. The first-order valence-electron chi connectivity index (χ1n) is 14.1. The molecule has 2 aromatic heterocycles. The predicted octanol–water partition coefficient (Wildman–Crippen LogP) is 5.20. The predicted molar refractivity (Wildman–Crippen MR) is 159 cm³/mol. The molecule has 234 valence electrons. The van der Waals surface area contributed by atoms with Crippen molar-refractivity contribution in [2.24, 2.45) is 0 Å². The minimum atomic E-state index is -4.02. The van der Waals surface area contributed by atoms with E-state index in [1.807, 2.05) is 40.3 Å². The van der Waals surface area contributed by atoms with Crippen molar-refractivity contribution in [1.82, 2.24) is 25.2 Å². The molecule has 0 aliphatic carbocycles. The number of H-pyrrole nitrogens is 1. The third-order valence-corrected chi connectivity index (χ3v) is 8.31. The Morgan fingerprint density at radius 3 is 2.13 bits per heavy atom. The molecule has 0 amide bonds. The Labute approximate surface area is 259 Å². The van der Waals surface area contributed by atoms with E-state index < -0.39 is 45.9 Å². The largest absolute Gasteiger partial charge is 0.368 e. The number of halogens is 5. The molecule has 1 aliphatic heterocycles. The van der Waals surface area contributed by atoms with Crippen LogP contribution in [-0.2, 0) is 11.5 Å². The van der Waals surface area contributed by atoms with Crippen molar-refractivity contribution in [1.29, 1.82) is 5.26 Å². The lowest BCUT2D eigenvalue weighted by Gasteiger charge is -2.37. The summed E-state index contributed by atoms with van der Waals surface area (Å²) in [6, 6.07) is 18.4. The standard InChI is InChI=1S/C32H25F5N8O/c1-31(45-30(46)40-41-42-45,25-9-6-23(33)17-26(25)34)32(36,37)29-11-5-22(19-39-29)21-3-7-24(8-4-21)43-12-14-44(15-13-43)28-10-2-20(18-38)16-27(28)35/h2-11,16-17,19H,12-15H2,1H3,(H,40,42,46)/t31-/m1/s1. The molecule has 9 nitrogen and oxygen atoms in total. The van der Waals surface area contributed by atoms with Crippen LogP contribution in [0.2, 0.25) is 0 Å². The number of benzene rings is 3. The van der Waals surface area contributed by atoms with Gasteiger partial charge in [0, 0.05) is 55.3 Å². The number of hydrogen-bond donors (Lipinski definition) is 1. The minimum absolute atomic E-state index is 0.265. The van der Waals surface area contributed by atoms with Gasteiger partial charge in [0.2, 0.25) is 0 Å². The molecule has 46 heavy (non-hydrogen) atoms. The Bertz CT molecular complexity index is 1980. The summed E-state index contributed by atoms with van der Waals surface area (Å²) in [5.41, 5.74) is -2.47. The van der Waals surface area contributed by atoms with Gasteiger partial charge in [-0.2, -0.15) is 18.7 Å². The molecule has 1 atom stereocenters. The van der Waals surface area contributed by atoms with Crippen LogP contribution in [0.1, 0.15) is 23.7 Å². The zero-order chi connectivity index (χ0) is 32.6. The summed E-state index contributed by atoms with van der Waals surface area (Å²) in [6.45, 7) is 3.32. The summed E-state index contributed by atoms with van der Waals surface area (Å²) >= 11 is 0. The van der Waals surface area contributed by atoms with Crippen LogP contribution in [0.15, 0.2) is 83.8 Å². The number of pyridine rings is 1. The molecule has 1 saturated heterocycles. The number of hydrogen-bond acceptors (Lipinski definition) is 7. The van der Waals surface area contributed by atoms with Crippen LogP contribution >= 0.6 is 0 Å². The fourth-order valence-corrected chi connectivity index (χ4v) is 5.69. The van der Waals surface area contributed by atoms with Gasteiger partial charge in [-0.1, -0.05) is 24.3 Å². The second-order valence-corrected chi connectivity index (χ2v) is 10.9. The first kappa shape index (κ1) is 30.4. The quantitative estimate of drug-likeness (QED) is 0.246. The van der Waals surface area contributed by atoms with Gasteiger partial charge >= 0.3 is 11.6 Å². The summed E-state index contributed by atoms with van der Waals surface area (Å²) < 4.78 is 76.0. The Balaban J connectivity index is 1.20. The number of nitrogens with zero attached hydrogens (tertiary/aromatic N) is 7. The number of aromatic amines is 1. The maximum atomic E-state index is 16.3. The van der Waals surface area contributed by atoms with E-state index in [0.717, 1.165) is 30.8 Å². The highest BCUT2D eigenvalue weighted by Gasteiger charge is 2.58. The number of aromatic nitrogens is 5. The first-order valence-corrected chi connectivity index (χ1v) is 14.1. The lowest BCUT2D eigenvalue weighted by molar-refractivity contribution is -0.104. The summed E-state index contributed by atoms with van der Waals surface area (Å²) in [5.74, 6) is -6.73. The van der Waals surface area contributed by atoms with Gasteiger partial charge in [0.15, 0.2) is 5.54 Å². The van der Waals surface area contributed by atoms with Gasteiger partial charge in [-0.3, -0.25) is 4.98 Å². The molecule has 0 spiro atoms. The molecule has 5 aromatic rings. The zero-order valence-electron chi connectivity index (χ0n) is 24.3. The van der Waals surface area contributed by atoms with E-state index in [4.69, 9.17) is 5.26 Å². The molecular weight excluding hydrogens is 607 g/mol. The van der Waals surface area contributed by atoms with E-state index in [-0.39, 0.29) is 5.56 Å². The van der Waals surface area contributed by atoms with Crippen LogP contribution in [-0.4, -0.2) is 51.4 Å². The lowest BCUT2D eigenvalue weighted by Crippen LogP contribution is -2.52. The monoisotopic (exact) mass is 632 g/mol. The maximum absolute atomic E-state index is 16.3. The van der Waals surface area contributed by atoms with Crippen molar-refractivity contribution in [2.45, 2.75) is 18.4 Å². The second-order valence-electron chi connectivity index (χ2n) is 10.9. The van der Waals surface area contributed by atoms with E-state index >= 15 is 8.78 Å². The van der Waals surface area contributed by atoms with Gasteiger partial charge in [0.25, 0.3) is 0 Å². The fourth-order valence-electron chi connectivity index (χ4n) is 5.69. The molecule has 0 saturated carbocycles. The average molecular weight is 633 g/mol. The number of tetrazole rings is 1. The van der Waals surface area contributed by atoms with Crippen LogP contribution in [0, 0.1) is 28.8 Å². The molecule has 0 unspecified atom stereocenters. The fraction of sp³-hybridized carbons (Fsp3) is 0.219. The highest BCUT2D eigenvalue weighted by atomic mass is 19.3. The molecule has 0 bridgehead atoms. The average Bonchev–Trinajstić information content (AvgIpc) is 3.50. The van der Waals surface area contributed by atoms with Crippen LogP contribution in [0.4, 0.5) is 33.3 Å². The molecule has 14 heteroatoms. The highest BCUT2D eigenvalue weighted by molar-refractivity contribution is 5.66. The second kappa shape index (κ2) is 11.7. The minimum Gasteiger partial charge on any atom is -0.368 e. The summed E-state index contributed by atoms with van der Waals surface area (Å²) in [7, 11) is 0. The summed E-state index contributed by atoms with van der Waals surface area (Å²) in [4.78, 5) is 20.5. The van der Waals surface area contributed by atoms with E-state index in [2.05, 4.69) is 20.3 Å².